The molecule has 45 heavy (non-hydrogen) atoms. The van der Waals surface area contributed by atoms with Crippen LogP contribution in [-0.2, 0) is 6.54 Å². The Balaban J connectivity index is 0.000000580. The molecule has 2 N–H and O–H groups in total. The maximum Gasteiger partial charge on any atom is 0.263 e. The molecule has 2 amide bonds. The number of amides is 2. The fourth-order valence-electron chi connectivity index (χ4n) is 5.06. The number of thiazole rings is 1. The number of nitrogens with one attached hydrogen (secondary N) is 2. The largest absolute Gasteiger partial charge is 0.497 e. The van der Waals surface area contributed by atoms with Crippen molar-refractivity contribution in [3.63, 3.8) is 0 Å². The summed E-state index contributed by atoms with van der Waals surface area (Å²) in [6.45, 7) is 6.18. The Bertz CT molecular complexity index is 1550. The van der Waals surface area contributed by atoms with Crippen molar-refractivity contribution < 1.29 is 23.1 Å². The van der Waals surface area contributed by atoms with E-state index >= 15 is 0 Å². The van der Waals surface area contributed by atoms with Gasteiger partial charge in [0.05, 0.1) is 13.2 Å². The lowest BCUT2D eigenvalue weighted by Gasteiger charge is -2.23. The van der Waals surface area contributed by atoms with E-state index in [9.17, 15) is 18.4 Å². The van der Waals surface area contributed by atoms with Crippen LogP contribution in [0.15, 0.2) is 78.2 Å². The van der Waals surface area contributed by atoms with Crippen LogP contribution in [-0.4, -0.2) is 48.4 Å². The molecule has 0 aliphatic carbocycles. The number of carbonyl (C=O) groups is 2. The first kappa shape index (κ1) is 33.7. The van der Waals surface area contributed by atoms with E-state index in [2.05, 4.69) is 34.7 Å². The molecule has 10 heteroatoms. The van der Waals surface area contributed by atoms with E-state index in [0.29, 0.717) is 32.6 Å². The monoisotopic (exact) mass is 634 g/mol. The molecule has 1 saturated heterocycles. The Morgan fingerprint density at radius 3 is 2.47 bits per heavy atom. The summed E-state index contributed by atoms with van der Waals surface area (Å²) in [6.07, 6.45) is -0.570. The first-order valence-corrected chi connectivity index (χ1v) is 15.9. The molecule has 0 saturated carbocycles. The number of aromatic nitrogens is 1. The lowest BCUT2D eigenvalue weighted by Crippen LogP contribution is -2.31. The minimum atomic E-state index is -2.80. The highest BCUT2D eigenvalue weighted by molar-refractivity contribution is 7.09. The predicted molar refractivity (Wildman–Crippen MR) is 174 cm³/mol. The third kappa shape index (κ3) is 9.92. The zero-order valence-corrected chi connectivity index (χ0v) is 26.7. The summed E-state index contributed by atoms with van der Waals surface area (Å²) in [5.74, 6) is -0.0551. The molecule has 1 aromatic heterocycles. The second kappa shape index (κ2) is 16.8. The molecule has 238 valence electrons. The summed E-state index contributed by atoms with van der Waals surface area (Å²) in [6, 6.07) is 21.6. The van der Waals surface area contributed by atoms with Crippen LogP contribution in [0, 0.1) is 13.8 Å². The Kier molecular flexibility index (Phi) is 12.6. The molecule has 1 aliphatic rings. The second-order valence-electron chi connectivity index (χ2n) is 10.9. The number of hydrogen-bond donors (Lipinski definition) is 2. The summed E-state index contributed by atoms with van der Waals surface area (Å²) in [5.41, 5.74) is 3.09. The quantitative estimate of drug-likeness (QED) is 0.170. The van der Waals surface area contributed by atoms with Gasteiger partial charge >= 0.3 is 0 Å². The summed E-state index contributed by atoms with van der Waals surface area (Å²) in [7, 11) is 1.62. The van der Waals surface area contributed by atoms with Crippen LogP contribution in [0.3, 0.4) is 0 Å². The molecule has 7 nitrogen and oxygen atoms in total. The van der Waals surface area contributed by atoms with E-state index in [-0.39, 0.29) is 28.6 Å². The maximum absolute atomic E-state index is 13.7. The number of aryl methyl sites for hydroxylation is 2. The van der Waals surface area contributed by atoms with Gasteiger partial charge in [0.2, 0.25) is 0 Å². The van der Waals surface area contributed by atoms with Crippen LogP contribution in [0.5, 0.6) is 5.75 Å². The molecule has 3 aromatic carbocycles. The Morgan fingerprint density at radius 1 is 1.02 bits per heavy atom. The first-order chi connectivity index (χ1) is 21.7. The molecular formula is C35H40F2N4O3S. The van der Waals surface area contributed by atoms with Crippen LogP contribution >= 0.6 is 11.3 Å². The molecule has 1 aliphatic heterocycles. The van der Waals surface area contributed by atoms with Gasteiger partial charge in [0.25, 0.3) is 18.2 Å². The third-order valence-electron chi connectivity index (χ3n) is 7.37. The number of rotatable bonds is 11. The van der Waals surface area contributed by atoms with Crippen molar-refractivity contribution in [3.8, 4) is 5.75 Å². The van der Waals surface area contributed by atoms with Gasteiger partial charge in [-0.1, -0.05) is 48.0 Å². The molecule has 1 atom stereocenters. The topological polar surface area (TPSA) is 83.6 Å². The number of halogens is 2. The van der Waals surface area contributed by atoms with E-state index in [4.69, 9.17) is 4.74 Å². The molecule has 5 rings (SSSR count). The van der Waals surface area contributed by atoms with Crippen molar-refractivity contribution in [1.82, 2.24) is 20.5 Å². The van der Waals surface area contributed by atoms with Crippen molar-refractivity contribution >= 4 is 23.2 Å². The van der Waals surface area contributed by atoms with Gasteiger partial charge in [-0.25, -0.2) is 13.8 Å². The van der Waals surface area contributed by atoms with Gasteiger partial charge in [-0.15, -0.1) is 11.3 Å². The first-order valence-electron chi connectivity index (χ1n) is 15.0. The van der Waals surface area contributed by atoms with Crippen LogP contribution < -0.4 is 15.4 Å². The van der Waals surface area contributed by atoms with Gasteiger partial charge < -0.3 is 20.3 Å². The molecule has 0 radical (unpaired) electrons. The van der Waals surface area contributed by atoms with Crippen LogP contribution in [0.4, 0.5) is 8.78 Å². The molecule has 4 aromatic rings. The van der Waals surface area contributed by atoms with Gasteiger partial charge in [0.1, 0.15) is 10.8 Å². The average molecular weight is 635 g/mol. The van der Waals surface area contributed by atoms with E-state index < -0.39 is 12.3 Å². The average Bonchev–Trinajstić information content (AvgIpc) is 3.72. The minimum Gasteiger partial charge on any atom is -0.497 e. The SMILES string of the molecule is COc1cccc(CNCCCNC(=O)c2cc(C(=O)N3CCCC3c3nc(C)cs3)cc(C(F)F)c2)c1.Cc1ccccc1. The van der Waals surface area contributed by atoms with Crippen LogP contribution in [0.2, 0.25) is 0 Å². The molecule has 0 spiro atoms. The van der Waals surface area contributed by atoms with E-state index in [1.807, 2.05) is 54.8 Å². The second-order valence-corrected chi connectivity index (χ2v) is 11.8. The highest BCUT2D eigenvalue weighted by Gasteiger charge is 2.33. The van der Waals surface area contributed by atoms with Crippen molar-refractivity contribution in [1.29, 1.82) is 0 Å². The van der Waals surface area contributed by atoms with Crippen LogP contribution in [0.25, 0.3) is 0 Å². The maximum atomic E-state index is 13.7. The van der Waals surface area contributed by atoms with E-state index in [0.717, 1.165) is 40.9 Å². The highest BCUT2D eigenvalue weighted by Crippen LogP contribution is 2.35. The number of alkyl halides is 2. The number of benzene rings is 3. The number of methoxy groups -OCH3 is 1. The smallest absolute Gasteiger partial charge is 0.263 e. The number of carbonyl (C=O) groups excluding carboxylic acids is 2. The lowest BCUT2D eigenvalue weighted by atomic mass is 10.0. The minimum absolute atomic E-state index is 0.0522. The van der Waals surface area contributed by atoms with E-state index in [1.165, 1.54) is 29.0 Å². The Morgan fingerprint density at radius 2 is 1.80 bits per heavy atom. The van der Waals surface area contributed by atoms with Gasteiger partial charge in [0.15, 0.2) is 0 Å². The summed E-state index contributed by atoms with van der Waals surface area (Å²) in [4.78, 5) is 32.4. The molecule has 1 fully saturated rings. The molecule has 0 bridgehead atoms. The number of hydrogen-bond acceptors (Lipinski definition) is 6. The van der Waals surface area contributed by atoms with Crippen molar-refractivity contribution in [2.75, 3.05) is 26.7 Å². The molecule has 2 heterocycles. The zero-order chi connectivity index (χ0) is 32.2. The predicted octanol–water partition coefficient (Wildman–Crippen LogP) is 7.28. The summed E-state index contributed by atoms with van der Waals surface area (Å²) in [5, 5.41) is 8.86. The lowest BCUT2D eigenvalue weighted by molar-refractivity contribution is 0.0735. The third-order valence-corrected chi connectivity index (χ3v) is 8.44. The van der Waals surface area contributed by atoms with Crippen molar-refractivity contribution in [2.24, 2.45) is 0 Å². The number of ether oxygens (including phenoxy) is 1. The van der Waals surface area contributed by atoms with Crippen molar-refractivity contribution in [3.05, 3.63) is 117 Å². The fourth-order valence-corrected chi connectivity index (χ4v) is 6.00. The van der Waals surface area contributed by atoms with Crippen LogP contribution in [0.1, 0.15) is 79.8 Å². The zero-order valence-electron chi connectivity index (χ0n) is 25.9. The van der Waals surface area contributed by atoms with Gasteiger partial charge in [-0.3, -0.25) is 9.59 Å². The molecule has 1 unspecified atom stereocenters. The highest BCUT2D eigenvalue weighted by atomic mass is 32.1. The Hall–Kier alpha value is -4.15. The number of likely N-dealkylation sites (tertiary alicyclic amines) is 1. The number of nitrogens with zero attached hydrogens (tertiary/aromatic N) is 2. The summed E-state index contributed by atoms with van der Waals surface area (Å²) < 4.78 is 32.6. The van der Waals surface area contributed by atoms with Gasteiger partial charge in [0, 0.05) is 47.4 Å². The normalized spacial score (nSPS) is 14.2. The van der Waals surface area contributed by atoms with E-state index in [1.54, 1.807) is 12.0 Å². The fraction of sp³-hybridized carbons (Fsp3) is 0.343. The standard InChI is InChI=1S/C28H32F2N4O3S.C7H8/c1-18-17-38-27(33-18)24-8-4-11-34(24)28(36)22-14-20(25(29)30)13-21(15-22)26(35)32-10-5-9-31-16-19-6-3-7-23(12-19)37-2;1-7-5-3-2-4-6-7/h3,6-7,12-15,17,24-25,31H,4-5,8-11,16H2,1-2H3,(H,32,35);2-6H,1H3. The van der Waals surface area contributed by atoms with Gasteiger partial charge in [-0.05, 0) is 75.5 Å². The van der Waals surface area contributed by atoms with Crippen molar-refractivity contribution in [2.45, 2.75) is 52.1 Å². The Labute approximate surface area is 267 Å². The molecular weight excluding hydrogens is 594 g/mol. The van der Waals surface area contributed by atoms with Gasteiger partial charge in [-0.2, -0.15) is 0 Å². The summed E-state index contributed by atoms with van der Waals surface area (Å²) >= 11 is 1.49.